The first-order valence-electron chi connectivity index (χ1n) is 6.05. The van der Waals surface area contributed by atoms with Gasteiger partial charge in [0, 0.05) is 6.54 Å². The Hall–Kier alpha value is -1.33. The lowest BCUT2D eigenvalue weighted by Crippen LogP contribution is -3.06. The minimum Gasteiger partial charge on any atom is -0.497 e. The van der Waals surface area contributed by atoms with Gasteiger partial charge < -0.3 is 20.3 Å². The van der Waals surface area contributed by atoms with Crippen LogP contribution in [0.3, 0.4) is 0 Å². The van der Waals surface area contributed by atoms with Crippen molar-refractivity contribution in [2.75, 3.05) is 34.3 Å². The van der Waals surface area contributed by atoms with Crippen LogP contribution in [0.25, 0.3) is 0 Å². The fraction of sp³-hybridized carbons (Fsp3) is 0.462. The van der Waals surface area contributed by atoms with E-state index in [2.05, 4.69) is 24.7 Å². The lowest BCUT2D eigenvalue weighted by atomic mass is 10.2. The van der Waals surface area contributed by atoms with Crippen molar-refractivity contribution in [3.05, 3.63) is 29.8 Å². The van der Waals surface area contributed by atoms with E-state index in [9.17, 15) is 0 Å². The van der Waals surface area contributed by atoms with E-state index in [1.54, 1.807) is 7.11 Å². The number of methoxy groups -OCH3 is 1. The molecule has 0 bridgehead atoms. The molecule has 0 aliphatic carbocycles. The first-order chi connectivity index (χ1) is 8.61. The van der Waals surface area contributed by atoms with Crippen molar-refractivity contribution < 1.29 is 9.64 Å². The maximum Gasteiger partial charge on any atom is 0.166 e. The summed E-state index contributed by atoms with van der Waals surface area (Å²) in [6.45, 7) is 2.66. The van der Waals surface area contributed by atoms with E-state index in [-0.39, 0.29) is 0 Å². The number of hydrogen-bond acceptors (Lipinski definition) is 2. The van der Waals surface area contributed by atoms with Crippen LogP contribution in [0.4, 0.5) is 0 Å². The van der Waals surface area contributed by atoms with Gasteiger partial charge in [-0.15, -0.1) is 0 Å². The molecule has 18 heavy (non-hydrogen) atoms. The molecule has 1 aromatic carbocycles. The van der Waals surface area contributed by atoms with E-state index in [4.69, 9.17) is 17.0 Å². The Morgan fingerprint density at radius 2 is 1.89 bits per heavy atom. The number of rotatable bonds is 6. The van der Waals surface area contributed by atoms with Crippen LogP contribution >= 0.6 is 12.2 Å². The summed E-state index contributed by atoms with van der Waals surface area (Å²) in [5.74, 6) is 0.869. The van der Waals surface area contributed by atoms with Gasteiger partial charge in [0.05, 0.1) is 34.3 Å². The van der Waals surface area contributed by atoms with E-state index in [1.165, 1.54) is 10.5 Å². The van der Waals surface area contributed by atoms with Gasteiger partial charge in [0.1, 0.15) is 5.75 Å². The van der Waals surface area contributed by atoms with Crippen molar-refractivity contribution in [1.82, 2.24) is 10.6 Å². The molecule has 0 spiro atoms. The summed E-state index contributed by atoms with van der Waals surface area (Å²) in [5, 5.41) is 7.06. The van der Waals surface area contributed by atoms with E-state index in [0.29, 0.717) is 5.11 Å². The normalized spacial score (nSPS) is 10.2. The number of thiocarbonyl (C=S) groups is 1. The highest BCUT2D eigenvalue weighted by Crippen LogP contribution is 2.10. The molecular formula is C13H22N3OS+. The first-order valence-corrected chi connectivity index (χ1v) is 6.46. The quantitative estimate of drug-likeness (QED) is 0.625. The van der Waals surface area contributed by atoms with Crippen LogP contribution in [0.5, 0.6) is 5.75 Å². The summed E-state index contributed by atoms with van der Waals surface area (Å²) in [6.07, 6.45) is 0. The molecule has 4 nitrogen and oxygen atoms in total. The lowest BCUT2D eigenvalue weighted by molar-refractivity contribution is -0.856. The minimum atomic E-state index is 0.701. The van der Waals surface area contributed by atoms with Crippen molar-refractivity contribution in [2.45, 2.75) is 6.54 Å². The average molecular weight is 268 g/mol. The molecule has 0 heterocycles. The molecule has 100 valence electrons. The number of nitrogens with one attached hydrogen (secondary N) is 3. The van der Waals surface area contributed by atoms with Crippen molar-refractivity contribution in [1.29, 1.82) is 0 Å². The number of quaternary nitrogens is 1. The molecule has 0 aliphatic heterocycles. The summed E-state index contributed by atoms with van der Waals surface area (Å²) < 4.78 is 5.11. The van der Waals surface area contributed by atoms with Crippen LogP contribution in [0.1, 0.15) is 5.56 Å². The highest BCUT2D eigenvalue weighted by molar-refractivity contribution is 7.80. The largest absolute Gasteiger partial charge is 0.497 e. The standard InChI is InChI=1S/C13H21N3OS/c1-16(2)9-8-14-13(18)15-10-11-4-6-12(17-3)7-5-11/h4-7H,8-10H2,1-3H3,(H2,14,15,18)/p+1. The van der Waals surface area contributed by atoms with Crippen molar-refractivity contribution in [3.63, 3.8) is 0 Å². The van der Waals surface area contributed by atoms with Crippen molar-refractivity contribution >= 4 is 17.3 Å². The summed E-state index contributed by atoms with van der Waals surface area (Å²) in [6, 6.07) is 7.95. The fourth-order valence-electron chi connectivity index (χ4n) is 1.41. The molecule has 3 N–H and O–H groups in total. The van der Waals surface area contributed by atoms with Crippen LogP contribution in [-0.4, -0.2) is 39.4 Å². The summed E-state index contributed by atoms with van der Waals surface area (Å²) in [7, 11) is 5.91. The van der Waals surface area contributed by atoms with Gasteiger partial charge in [-0.1, -0.05) is 12.1 Å². The highest BCUT2D eigenvalue weighted by Gasteiger charge is 1.98. The zero-order chi connectivity index (χ0) is 13.4. The Balaban J connectivity index is 2.24. The highest BCUT2D eigenvalue weighted by atomic mass is 32.1. The smallest absolute Gasteiger partial charge is 0.166 e. The first kappa shape index (κ1) is 14.7. The molecule has 1 aromatic rings. The zero-order valence-corrected chi connectivity index (χ0v) is 12.1. The van der Waals surface area contributed by atoms with E-state index in [0.717, 1.165) is 25.4 Å². The maximum atomic E-state index is 5.20. The van der Waals surface area contributed by atoms with Crippen molar-refractivity contribution in [3.8, 4) is 5.75 Å². The van der Waals surface area contributed by atoms with Gasteiger partial charge in [-0.2, -0.15) is 0 Å². The Kier molecular flexibility index (Phi) is 6.46. The van der Waals surface area contributed by atoms with Gasteiger partial charge in [0.15, 0.2) is 5.11 Å². The topological polar surface area (TPSA) is 37.7 Å². The predicted molar refractivity (Wildman–Crippen MR) is 78.1 cm³/mol. The molecule has 0 amide bonds. The Bertz CT molecular complexity index is 365. The molecular weight excluding hydrogens is 246 g/mol. The number of likely N-dealkylation sites (N-methyl/N-ethyl adjacent to an activating group) is 1. The molecule has 0 aliphatic rings. The second kappa shape index (κ2) is 7.89. The van der Waals surface area contributed by atoms with Crippen LogP contribution < -0.4 is 20.3 Å². The van der Waals surface area contributed by atoms with Crippen molar-refractivity contribution in [2.24, 2.45) is 0 Å². The molecule has 0 radical (unpaired) electrons. The Labute approximate surface area is 114 Å². The van der Waals surface area contributed by atoms with Crippen LogP contribution in [-0.2, 0) is 6.54 Å². The number of benzene rings is 1. The monoisotopic (exact) mass is 268 g/mol. The van der Waals surface area contributed by atoms with Gasteiger partial charge in [0.25, 0.3) is 0 Å². The van der Waals surface area contributed by atoms with E-state index < -0.39 is 0 Å². The summed E-state index contributed by atoms with van der Waals surface area (Å²) >= 11 is 5.20. The molecule has 0 saturated heterocycles. The number of hydrogen-bond donors (Lipinski definition) is 3. The molecule has 0 fully saturated rings. The molecule has 0 saturated carbocycles. The Morgan fingerprint density at radius 1 is 1.22 bits per heavy atom. The van der Waals surface area contributed by atoms with Crippen LogP contribution in [0.15, 0.2) is 24.3 Å². The SMILES string of the molecule is COc1ccc(CNC(=S)NCC[NH+](C)C)cc1. The third-order valence-electron chi connectivity index (χ3n) is 2.52. The molecule has 0 atom stereocenters. The van der Waals surface area contributed by atoms with Gasteiger partial charge in [0.2, 0.25) is 0 Å². The van der Waals surface area contributed by atoms with E-state index in [1.807, 2.05) is 24.3 Å². The maximum absolute atomic E-state index is 5.20. The van der Waals surface area contributed by atoms with Gasteiger partial charge in [-0.05, 0) is 29.9 Å². The third kappa shape index (κ3) is 5.84. The van der Waals surface area contributed by atoms with Gasteiger partial charge >= 0.3 is 0 Å². The second-order valence-corrected chi connectivity index (χ2v) is 4.82. The summed E-state index contributed by atoms with van der Waals surface area (Å²) in [5.41, 5.74) is 1.18. The summed E-state index contributed by atoms with van der Waals surface area (Å²) in [4.78, 5) is 1.40. The fourth-order valence-corrected chi connectivity index (χ4v) is 1.59. The molecule has 5 heteroatoms. The number of ether oxygens (including phenoxy) is 1. The minimum absolute atomic E-state index is 0.701. The van der Waals surface area contributed by atoms with Crippen LogP contribution in [0, 0.1) is 0 Å². The van der Waals surface area contributed by atoms with Crippen LogP contribution in [0.2, 0.25) is 0 Å². The average Bonchev–Trinajstić information content (AvgIpc) is 2.36. The Morgan fingerprint density at radius 3 is 2.44 bits per heavy atom. The second-order valence-electron chi connectivity index (χ2n) is 4.41. The third-order valence-corrected chi connectivity index (χ3v) is 2.81. The van der Waals surface area contributed by atoms with Gasteiger partial charge in [-0.25, -0.2) is 0 Å². The lowest BCUT2D eigenvalue weighted by Gasteiger charge is -2.12. The zero-order valence-electron chi connectivity index (χ0n) is 11.2. The molecule has 1 rings (SSSR count). The molecule has 0 unspecified atom stereocenters. The molecule has 0 aromatic heterocycles. The van der Waals surface area contributed by atoms with E-state index >= 15 is 0 Å². The van der Waals surface area contributed by atoms with Gasteiger partial charge in [-0.3, -0.25) is 0 Å². The predicted octanol–water partition coefficient (Wildman–Crippen LogP) is -0.196.